The first kappa shape index (κ1) is 33.1. The fourth-order valence-electron chi connectivity index (χ4n) is 5.77. The van der Waals surface area contributed by atoms with Crippen LogP contribution in [0.25, 0.3) is 5.65 Å². The van der Waals surface area contributed by atoms with Crippen molar-refractivity contribution >= 4 is 39.1 Å². The van der Waals surface area contributed by atoms with Crippen LogP contribution in [0.4, 0.5) is 0 Å². The number of ether oxygens (including phenoxy) is 3. The van der Waals surface area contributed by atoms with Gasteiger partial charge in [0.25, 0.3) is 5.91 Å². The zero-order chi connectivity index (χ0) is 31.9. The van der Waals surface area contributed by atoms with E-state index in [2.05, 4.69) is 45.1 Å². The van der Waals surface area contributed by atoms with Crippen molar-refractivity contribution in [2.45, 2.75) is 46.1 Å². The molecule has 10 heteroatoms. The average Bonchev–Trinajstić information content (AvgIpc) is 3.67. The molecule has 0 N–H and O–H groups in total. The summed E-state index contributed by atoms with van der Waals surface area (Å²) >= 11 is 10.5. The van der Waals surface area contributed by atoms with Gasteiger partial charge in [0.2, 0.25) is 0 Å². The van der Waals surface area contributed by atoms with Gasteiger partial charge in [0.1, 0.15) is 18.0 Å². The second kappa shape index (κ2) is 15.3. The Labute approximate surface area is 279 Å². The minimum absolute atomic E-state index is 0.171. The molecule has 240 valence electrons. The van der Waals surface area contributed by atoms with Crippen molar-refractivity contribution in [3.63, 3.8) is 0 Å². The third-order valence-electron chi connectivity index (χ3n) is 8.28. The number of aromatic nitrogens is 2. The lowest BCUT2D eigenvalue weighted by molar-refractivity contribution is 0.0732. The number of methoxy groups -OCH3 is 2. The van der Waals surface area contributed by atoms with Gasteiger partial charge < -0.3 is 23.5 Å². The lowest BCUT2D eigenvalue weighted by Crippen LogP contribution is -2.33. The second-order valence-electron chi connectivity index (χ2n) is 11.8. The number of amides is 1. The highest BCUT2D eigenvalue weighted by molar-refractivity contribution is 9.10. The van der Waals surface area contributed by atoms with E-state index in [4.69, 9.17) is 30.8 Å². The predicted molar refractivity (Wildman–Crippen MR) is 182 cm³/mol. The van der Waals surface area contributed by atoms with Crippen molar-refractivity contribution in [1.29, 1.82) is 0 Å². The molecule has 0 saturated carbocycles. The number of imidazole rings is 1. The first-order chi connectivity index (χ1) is 21.8. The van der Waals surface area contributed by atoms with E-state index in [1.807, 2.05) is 41.4 Å². The van der Waals surface area contributed by atoms with Crippen LogP contribution in [0.1, 0.15) is 60.4 Å². The second-order valence-corrected chi connectivity index (χ2v) is 13.1. The van der Waals surface area contributed by atoms with E-state index in [0.29, 0.717) is 49.1 Å². The largest absolute Gasteiger partial charge is 0.496 e. The highest BCUT2D eigenvalue weighted by atomic mass is 79.9. The Bertz CT molecular complexity index is 1620. The van der Waals surface area contributed by atoms with E-state index in [1.165, 1.54) is 12.8 Å². The Balaban J connectivity index is 1.47. The lowest BCUT2D eigenvalue weighted by Gasteiger charge is -2.25. The molecule has 45 heavy (non-hydrogen) atoms. The molecule has 4 aromatic rings. The summed E-state index contributed by atoms with van der Waals surface area (Å²) in [6, 6.07) is 15.4. The number of nitrogens with zero attached hydrogens (tertiary/aromatic N) is 4. The summed E-state index contributed by atoms with van der Waals surface area (Å²) in [5, 5.41) is 0.268. The molecule has 1 amide bonds. The van der Waals surface area contributed by atoms with E-state index >= 15 is 0 Å². The first-order valence-corrected chi connectivity index (χ1v) is 16.7. The summed E-state index contributed by atoms with van der Waals surface area (Å²) in [5.41, 5.74) is 4.05. The van der Waals surface area contributed by atoms with Gasteiger partial charge in [-0.1, -0.05) is 47.4 Å². The first-order valence-electron chi connectivity index (χ1n) is 15.6. The topological polar surface area (TPSA) is 68.5 Å². The van der Waals surface area contributed by atoms with Crippen LogP contribution < -0.4 is 14.2 Å². The maximum absolute atomic E-state index is 14.3. The monoisotopic (exact) mass is 696 g/mol. The molecule has 0 spiro atoms. The van der Waals surface area contributed by atoms with E-state index < -0.39 is 0 Å². The number of hydrogen-bond donors (Lipinski definition) is 0. The Kier molecular flexibility index (Phi) is 11.3. The fourth-order valence-corrected chi connectivity index (χ4v) is 6.47. The summed E-state index contributed by atoms with van der Waals surface area (Å²) in [6.45, 7) is 8.63. The molecular weight excluding hydrogens is 656 g/mol. The maximum Gasteiger partial charge on any atom is 0.255 e. The van der Waals surface area contributed by atoms with Crippen LogP contribution >= 0.6 is 27.5 Å². The number of benzene rings is 2. The third-order valence-corrected chi connectivity index (χ3v) is 9.15. The normalized spacial score (nSPS) is 13.5. The molecule has 3 heterocycles. The van der Waals surface area contributed by atoms with Crippen molar-refractivity contribution < 1.29 is 19.0 Å². The summed E-state index contributed by atoms with van der Waals surface area (Å²) in [6.07, 6.45) is 5.85. The van der Waals surface area contributed by atoms with Crippen molar-refractivity contribution in [1.82, 2.24) is 19.2 Å². The van der Waals surface area contributed by atoms with Gasteiger partial charge in [-0.2, -0.15) is 0 Å². The van der Waals surface area contributed by atoms with Crippen molar-refractivity contribution in [3.8, 4) is 17.2 Å². The summed E-state index contributed by atoms with van der Waals surface area (Å²) in [4.78, 5) is 23.6. The molecule has 0 radical (unpaired) electrons. The summed E-state index contributed by atoms with van der Waals surface area (Å²) in [5.74, 6) is 1.95. The number of likely N-dealkylation sites (tertiary alicyclic amines) is 1. The summed E-state index contributed by atoms with van der Waals surface area (Å²) in [7, 11) is 3.26. The van der Waals surface area contributed by atoms with Gasteiger partial charge in [-0.05, 0) is 80.7 Å². The number of hydrogen-bond acceptors (Lipinski definition) is 6. The predicted octanol–water partition coefficient (Wildman–Crippen LogP) is 7.52. The molecule has 1 saturated heterocycles. The number of pyridine rings is 1. The van der Waals surface area contributed by atoms with Gasteiger partial charge in [0, 0.05) is 35.7 Å². The van der Waals surface area contributed by atoms with Crippen molar-refractivity contribution in [2.75, 3.05) is 47.0 Å². The molecule has 1 aliphatic rings. The molecule has 0 unspecified atom stereocenters. The van der Waals surface area contributed by atoms with E-state index in [1.54, 1.807) is 26.4 Å². The van der Waals surface area contributed by atoms with E-state index in [-0.39, 0.29) is 10.9 Å². The summed E-state index contributed by atoms with van der Waals surface area (Å²) < 4.78 is 20.5. The zero-order valence-electron chi connectivity index (χ0n) is 26.5. The Hall–Kier alpha value is -3.27. The Morgan fingerprint density at radius 2 is 1.82 bits per heavy atom. The minimum atomic E-state index is -0.171. The van der Waals surface area contributed by atoms with Gasteiger partial charge in [0.05, 0.1) is 42.7 Å². The van der Waals surface area contributed by atoms with Gasteiger partial charge in [0.15, 0.2) is 11.5 Å². The molecule has 1 fully saturated rings. The van der Waals surface area contributed by atoms with E-state index in [0.717, 1.165) is 58.9 Å². The quantitative estimate of drug-likeness (QED) is 0.136. The fraction of sp³-hybridized carbons (Fsp3) is 0.429. The highest BCUT2D eigenvalue weighted by Gasteiger charge is 2.26. The van der Waals surface area contributed by atoms with Crippen LogP contribution in [0.3, 0.4) is 0 Å². The number of rotatable bonds is 14. The van der Waals surface area contributed by atoms with Crippen LogP contribution in [-0.2, 0) is 13.0 Å². The molecule has 0 aliphatic carbocycles. The number of carbonyl (C=O) groups excluding carboxylic acids is 1. The molecule has 8 nitrogen and oxygen atoms in total. The van der Waals surface area contributed by atoms with Crippen LogP contribution in [0.15, 0.2) is 59.2 Å². The SMILES string of the molecule is COc1ccc(Br)cc1Cc1c(CN(CCC(C)C)C(=O)c2ccc(OC)c(OCCN3CCCC3)c2Cl)nc2ccccn12. The third kappa shape index (κ3) is 7.94. The van der Waals surface area contributed by atoms with Crippen LogP contribution in [0.5, 0.6) is 17.2 Å². The molecule has 1 aliphatic heterocycles. The average molecular weight is 698 g/mol. The van der Waals surface area contributed by atoms with Crippen LogP contribution in [0.2, 0.25) is 5.02 Å². The van der Waals surface area contributed by atoms with Crippen LogP contribution in [0, 0.1) is 5.92 Å². The zero-order valence-corrected chi connectivity index (χ0v) is 28.9. The number of halogens is 2. The van der Waals surface area contributed by atoms with Crippen molar-refractivity contribution in [3.05, 3.63) is 86.7 Å². The lowest BCUT2D eigenvalue weighted by atomic mass is 10.1. The Morgan fingerprint density at radius 1 is 1.07 bits per heavy atom. The standard InChI is InChI=1S/C35H42BrClN4O4/c1-24(2)14-18-40(35(42)27-11-13-31(44-4)34(33(27)37)45-20-19-39-15-7-8-16-39)23-28-29(41-17-6-5-9-32(41)38-28)22-25-21-26(36)10-12-30(25)43-3/h5-6,9-13,17,21,24H,7-8,14-16,18-20,22-23H2,1-4H3. The molecule has 5 rings (SSSR count). The highest BCUT2D eigenvalue weighted by Crippen LogP contribution is 2.38. The number of carbonyl (C=O) groups is 1. The molecular formula is C35H42BrClN4O4. The molecule has 2 aromatic carbocycles. The minimum Gasteiger partial charge on any atom is -0.496 e. The number of fused-ring (bicyclic) bond motifs is 1. The van der Waals surface area contributed by atoms with Gasteiger partial charge in [-0.25, -0.2) is 4.98 Å². The molecule has 0 bridgehead atoms. The van der Waals surface area contributed by atoms with Crippen molar-refractivity contribution in [2.24, 2.45) is 5.92 Å². The van der Waals surface area contributed by atoms with Crippen LogP contribution in [-0.4, -0.2) is 72.1 Å². The molecule has 0 atom stereocenters. The molecule has 2 aromatic heterocycles. The maximum atomic E-state index is 14.3. The smallest absolute Gasteiger partial charge is 0.255 e. The van der Waals surface area contributed by atoms with E-state index in [9.17, 15) is 4.79 Å². The Morgan fingerprint density at radius 3 is 2.56 bits per heavy atom. The van der Waals surface area contributed by atoms with Gasteiger partial charge in [-0.15, -0.1) is 0 Å². The van der Waals surface area contributed by atoms with Gasteiger partial charge >= 0.3 is 0 Å². The van der Waals surface area contributed by atoms with Gasteiger partial charge in [-0.3, -0.25) is 9.69 Å².